The van der Waals surface area contributed by atoms with Crippen molar-refractivity contribution in [1.29, 1.82) is 0 Å². The highest BCUT2D eigenvalue weighted by molar-refractivity contribution is 6.31. The molecule has 3 heteroatoms. The van der Waals surface area contributed by atoms with E-state index in [9.17, 15) is 5.11 Å². The standard InChI is InChI=1S/C15H24ClNO/c1-11(2)8-15(4,18)10-17-9-13-6-5-12(3)7-14(13)16/h5-7,11,17-18H,8-10H2,1-4H3. The normalized spacial score (nSPS) is 14.8. The van der Waals surface area contributed by atoms with E-state index in [0.29, 0.717) is 19.0 Å². The summed E-state index contributed by atoms with van der Waals surface area (Å²) in [5.41, 5.74) is 1.57. The summed E-state index contributed by atoms with van der Waals surface area (Å²) in [7, 11) is 0. The van der Waals surface area contributed by atoms with E-state index in [2.05, 4.69) is 25.2 Å². The van der Waals surface area contributed by atoms with Gasteiger partial charge in [-0.1, -0.05) is 37.6 Å². The van der Waals surface area contributed by atoms with E-state index in [1.54, 1.807) is 0 Å². The van der Waals surface area contributed by atoms with Crippen LogP contribution in [0.3, 0.4) is 0 Å². The maximum atomic E-state index is 10.2. The van der Waals surface area contributed by atoms with Crippen molar-refractivity contribution in [2.45, 2.75) is 46.3 Å². The molecule has 2 nitrogen and oxygen atoms in total. The van der Waals surface area contributed by atoms with Crippen molar-refractivity contribution in [2.24, 2.45) is 5.92 Å². The third-order valence-electron chi connectivity index (χ3n) is 2.88. The van der Waals surface area contributed by atoms with Crippen LogP contribution in [0.4, 0.5) is 0 Å². The molecule has 2 N–H and O–H groups in total. The first-order valence-corrected chi connectivity index (χ1v) is 6.86. The topological polar surface area (TPSA) is 32.3 Å². The molecule has 1 rings (SSSR count). The number of aliphatic hydroxyl groups is 1. The molecule has 0 aliphatic rings. The minimum atomic E-state index is -0.661. The minimum absolute atomic E-state index is 0.491. The molecule has 102 valence electrons. The van der Waals surface area contributed by atoms with Gasteiger partial charge in [-0.25, -0.2) is 0 Å². The number of halogens is 1. The predicted molar refractivity (Wildman–Crippen MR) is 78.0 cm³/mol. The van der Waals surface area contributed by atoms with Crippen molar-refractivity contribution in [3.05, 3.63) is 34.3 Å². The van der Waals surface area contributed by atoms with E-state index in [4.69, 9.17) is 11.6 Å². The van der Waals surface area contributed by atoms with Gasteiger partial charge in [0, 0.05) is 18.1 Å². The Bertz CT molecular complexity index is 388. The molecule has 18 heavy (non-hydrogen) atoms. The van der Waals surface area contributed by atoms with Crippen LogP contribution in [0.5, 0.6) is 0 Å². The minimum Gasteiger partial charge on any atom is -0.389 e. The van der Waals surface area contributed by atoms with Gasteiger partial charge in [-0.05, 0) is 43.4 Å². The fourth-order valence-corrected chi connectivity index (χ4v) is 2.52. The summed E-state index contributed by atoms with van der Waals surface area (Å²) >= 11 is 6.16. The van der Waals surface area contributed by atoms with Gasteiger partial charge in [-0.3, -0.25) is 0 Å². The van der Waals surface area contributed by atoms with Crippen LogP contribution >= 0.6 is 11.6 Å². The molecule has 0 saturated carbocycles. The van der Waals surface area contributed by atoms with Gasteiger partial charge < -0.3 is 10.4 Å². The Labute approximate surface area is 115 Å². The summed E-state index contributed by atoms with van der Waals surface area (Å²) in [4.78, 5) is 0. The second kappa shape index (κ2) is 6.55. The molecule has 0 heterocycles. The smallest absolute Gasteiger partial charge is 0.0746 e. The maximum absolute atomic E-state index is 10.2. The number of nitrogens with one attached hydrogen (secondary N) is 1. The maximum Gasteiger partial charge on any atom is 0.0746 e. The molecule has 0 aliphatic heterocycles. The van der Waals surface area contributed by atoms with Crippen molar-refractivity contribution >= 4 is 11.6 Å². The van der Waals surface area contributed by atoms with Gasteiger partial charge in [0.05, 0.1) is 5.60 Å². The van der Waals surface area contributed by atoms with Gasteiger partial charge in [0.1, 0.15) is 0 Å². The highest BCUT2D eigenvalue weighted by atomic mass is 35.5. The lowest BCUT2D eigenvalue weighted by Crippen LogP contribution is -2.38. The molecule has 1 aromatic rings. The van der Waals surface area contributed by atoms with Gasteiger partial charge in [-0.15, -0.1) is 0 Å². The van der Waals surface area contributed by atoms with Crippen molar-refractivity contribution in [3.63, 3.8) is 0 Å². The molecule has 0 amide bonds. The average Bonchev–Trinajstić information content (AvgIpc) is 2.19. The molecule has 0 spiro atoms. The SMILES string of the molecule is Cc1ccc(CNCC(C)(O)CC(C)C)c(Cl)c1. The van der Waals surface area contributed by atoms with E-state index >= 15 is 0 Å². The van der Waals surface area contributed by atoms with E-state index in [1.165, 1.54) is 0 Å². The Kier molecular flexibility index (Phi) is 5.64. The largest absolute Gasteiger partial charge is 0.389 e. The zero-order valence-electron chi connectivity index (χ0n) is 11.8. The summed E-state index contributed by atoms with van der Waals surface area (Å²) in [6.07, 6.45) is 0.793. The van der Waals surface area contributed by atoms with Crippen LogP contribution in [0.2, 0.25) is 5.02 Å². The van der Waals surface area contributed by atoms with Gasteiger partial charge in [0.15, 0.2) is 0 Å². The second-order valence-corrected chi connectivity index (χ2v) is 6.20. The van der Waals surface area contributed by atoms with E-state index in [0.717, 1.165) is 22.6 Å². The summed E-state index contributed by atoms with van der Waals surface area (Å²) in [5, 5.41) is 14.2. The Morgan fingerprint density at radius 2 is 2.06 bits per heavy atom. The first kappa shape index (κ1) is 15.5. The Balaban J connectivity index is 2.46. The predicted octanol–water partition coefficient (Wildman–Crippen LogP) is 3.54. The molecule has 1 aromatic carbocycles. The fraction of sp³-hybridized carbons (Fsp3) is 0.600. The first-order valence-electron chi connectivity index (χ1n) is 6.48. The molecule has 0 bridgehead atoms. The van der Waals surface area contributed by atoms with Gasteiger partial charge >= 0.3 is 0 Å². The third-order valence-corrected chi connectivity index (χ3v) is 3.23. The van der Waals surface area contributed by atoms with Gasteiger partial charge in [0.2, 0.25) is 0 Å². The quantitative estimate of drug-likeness (QED) is 0.828. The van der Waals surface area contributed by atoms with Crippen molar-refractivity contribution in [3.8, 4) is 0 Å². The lowest BCUT2D eigenvalue weighted by molar-refractivity contribution is 0.0383. The van der Waals surface area contributed by atoms with Crippen molar-refractivity contribution < 1.29 is 5.11 Å². The lowest BCUT2D eigenvalue weighted by atomic mass is 9.94. The monoisotopic (exact) mass is 269 g/mol. The molecule has 0 fully saturated rings. The van der Waals surface area contributed by atoms with Crippen LogP contribution in [0.25, 0.3) is 0 Å². The van der Waals surface area contributed by atoms with Crippen LogP contribution in [0, 0.1) is 12.8 Å². The van der Waals surface area contributed by atoms with Crippen molar-refractivity contribution in [1.82, 2.24) is 5.32 Å². The highest BCUT2D eigenvalue weighted by Gasteiger charge is 2.21. The molecular formula is C15H24ClNO. The summed E-state index contributed by atoms with van der Waals surface area (Å²) in [6.45, 7) is 9.40. The van der Waals surface area contributed by atoms with E-state index in [-0.39, 0.29) is 0 Å². The zero-order valence-corrected chi connectivity index (χ0v) is 12.5. The van der Waals surface area contributed by atoms with Crippen LogP contribution < -0.4 is 5.32 Å². The summed E-state index contributed by atoms with van der Waals surface area (Å²) < 4.78 is 0. The van der Waals surface area contributed by atoms with Crippen LogP contribution in [0.15, 0.2) is 18.2 Å². The molecule has 1 unspecified atom stereocenters. The summed E-state index contributed by atoms with van der Waals surface area (Å²) in [5.74, 6) is 0.491. The molecule has 0 aliphatic carbocycles. The van der Waals surface area contributed by atoms with Crippen LogP contribution in [0.1, 0.15) is 38.3 Å². The number of benzene rings is 1. The Hall–Kier alpha value is -0.570. The third kappa shape index (κ3) is 5.38. The molecule has 0 aromatic heterocycles. The number of hydrogen-bond acceptors (Lipinski definition) is 2. The molecule has 0 radical (unpaired) electrons. The average molecular weight is 270 g/mol. The van der Waals surface area contributed by atoms with Crippen molar-refractivity contribution in [2.75, 3.05) is 6.54 Å². The Morgan fingerprint density at radius 3 is 2.61 bits per heavy atom. The number of hydrogen-bond donors (Lipinski definition) is 2. The van der Waals surface area contributed by atoms with Crippen LogP contribution in [-0.2, 0) is 6.54 Å². The van der Waals surface area contributed by atoms with E-state index < -0.39 is 5.60 Å². The second-order valence-electron chi connectivity index (χ2n) is 5.79. The fourth-order valence-electron chi connectivity index (χ4n) is 2.21. The zero-order chi connectivity index (χ0) is 13.8. The van der Waals surface area contributed by atoms with Gasteiger partial charge in [-0.2, -0.15) is 0 Å². The number of rotatable bonds is 6. The molecule has 1 atom stereocenters. The molecular weight excluding hydrogens is 246 g/mol. The van der Waals surface area contributed by atoms with E-state index in [1.807, 2.05) is 26.0 Å². The van der Waals surface area contributed by atoms with Gasteiger partial charge in [0.25, 0.3) is 0 Å². The lowest BCUT2D eigenvalue weighted by Gasteiger charge is -2.25. The first-order chi connectivity index (χ1) is 8.30. The Morgan fingerprint density at radius 1 is 1.39 bits per heavy atom. The summed E-state index contributed by atoms with van der Waals surface area (Å²) in [6, 6.07) is 6.04. The molecule has 0 saturated heterocycles. The number of aryl methyl sites for hydroxylation is 1. The van der Waals surface area contributed by atoms with Crippen LogP contribution in [-0.4, -0.2) is 17.3 Å². The highest BCUT2D eigenvalue weighted by Crippen LogP contribution is 2.18.